The molecule has 5 rings (SSSR count). The maximum absolute atomic E-state index is 12.8. The standard InChI is InChI=1S/C21H23N7O/c1-24-9-11-26(12-10-24)21(29)19-7-8-28(23-19)20-6-5-18-4-3-16(15-27(18)20)17-13-22-25(2)14-17/h3-8,13-15H,9-12H2,1-2H3. The van der Waals surface area contributed by atoms with Gasteiger partial charge in [0, 0.05) is 68.5 Å². The number of aryl methyl sites for hydroxylation is 1. The summed E-state index contributed by atoms with van der Waals surface area (Å²) in [5, 5.41) is 8.84. The molecule has 0 N–H and O–H groups in total. The first-order valence-corrected chi connectivity index (χ1v) is 9.72. The lowest BCUT2D eigenvalue weighted by molar-refractivity contribution is 0.0657. The number of hydrogen-bond donors (Lipinski definition) is 0. The highest BCUT2D eigenvalue weighted by atomic mass is 16.2. The van der Waals surface area contributed by atoms with E-state index in [-0.39, 0.29) is 5.91 Å². The second-order valence-electron chi connectivity index (χ2n) is 7.55. The first kappa shape index (κ1) is 17.7. The number of rotatable bonds is 3. The highest BCUT2D eigenvalue weighted by molar-refractivity contribution is 5.92. The molecule has 0 spiro atoms. The average molecular weight is 389 g/mol. The van der Waals surface area contributed by atoms with Crippen LogP contribution in [0.5, 0.6) is 0 Å². The van der Waals surface area contributed by atoms with E-state index in [0.717, 1.165) is 48.6 Å². The summed E-state index contributed by atoms with van der Waals surface area (Å²) in [6.45, 7) is 3.27. The van der Waals surface area contributed by atoms with Crippen LogP contribution in [0.15, 0.2) is 55.1 Å². The number of hydrogen-bond acceptors (Lipinski definition) is 4. The molecule has 148 valence electrons. The van der Waals surface area contributed by atoms with E-state index >= 15 is 0 Å². The molecule has 8 heteroatoms. The van der Waals surface area contributed by atoms with Crippen LogP contribution >= 0.6 is 0 Å². The van der Waals surface area contributed by atoms with Crippen molar-refractivity contribution in [3.8, 4) is 16.9 Å². The maximum atomic E-state index is 12.8. The summed E-state index contributed by atoms with van der Waals surface area (Å²) >= 11 is 0. The predicted molar refractivity (Wildman–Crippen MR) is 110 cm³/mol. The van der Waals surface area contributed by atoms with Crippen molar-refractivity contribution in [3.63, 3.8) is 0 Å². The molecule has 1 amide bonds. The van der Waals surface area contributed by atoms with Gasteiger partial charge < -0.3 is 14.2 Å². The van der Waals surface area contributed by atoms with Gasteiger partial charge in [0.15, 0.2) is 5.69 Å². The van der Waals surface area contributed by atoms with Crippen molar-refractivity contribution in [2.75, 3.05) is 33.2 Å². The van der Waals surface area contributed by atoms with E-state index in [2.05, 4.69) is 44.9 Å². The van der Waals surface area contributed by atoms with Crippen molar-refractivity contribution in [2.24, 2.45) is 7.05 Å². The van der Waals surface area contributed by atoms with Crippen LogP contribution in [-0.4, -0.2) is 72.9 Å². The van der Waals surface area contributed by atoms with Gasteiger partial charge in [-0.3, -0.25) is 9.48 Å². The van der Waals surface area contributed by atoms with Gasteiger partial charge in [-0.15, -0.1) is 0 Å². The largest absolute Gasteiger partial charge is 0.335 e. The summed E-state index contributed by atoms with van der Waals surface area (Å²) < 4.78 is 5.64. The first-order chi connectivity index (χ1) is 14.1. The lowest BCUT2D eigenvalue weighted by Gasteiger charge is -2.31. The molecule has 1 fully saturated rings. The van der Waals surface area contributed by atoms with Gasteiger partial charge >= 0.3 is 0 Å². The van der Waals surface area contributed by atoms with E-state index < -0.39 is 0 Å². The van der Waals surface area contributed by atoms with Crippen LogP contribution in [0, 0.1) is 0 Å². The highest BCUT2D eigenvalue weighted by Gasteiger charge is 2.22. The molecule has 4 aromatic heterocycles. The molecule has 0 aliphatic carbocycles. The van der Waals surface area contributed by atoms with Gasteiger partial charge in [-0.2, -0.15) is 10.2 Å². The number of aromatic nitrogens is 5. The molecule has 1 saturated heterocycles. The van der Waals surface area contributed by atoms with Crippen LogP contribution in [0.2, 0.25) is 0 Å². The number of fused-ring (bicyclic) bond motifs is 1. The van der Waals surface area contributed by atoms with E-state index in [1.54, 1.807) is 15.4 Å². The monoisotopic (exact) mass is 389 g/mol. The molecular weight excluding hydrogens is 366 g/mol. The van der Waals surface area contributed by atoms with Crippen LogP contribution in [0.3, 0.4) is 0 Å². The van der Waals surface area contributed by atoms with Crippen LogP contribution < -0.4 is 0 Å². The molecule has 4 aromatic rings. The zero-order valence-corrected chi connectivity index (χ0v) is 16.6. The summed E-state index contributed by atoms with van der Waals surface area (Å²) in [6.07, 6.45) is 7.77. The summed E-state index contributed by atoms with van der Waals surface area (Å²) in [5.41, 5.74) is 3.67. The molecule has 0 bridgehead atoms. The van der Waals surface area contributed by atoms with E-state index in [4.69, 9.17) is 0 Å². The second-order valence-corrected chi connectivity index (χ2v) is 7.55. The van der Waals surface area contributed by atoms with Crippen molar-refractivity contribution in [3.05, 3.63) is 60.8 Å². The molecule has 8 nitrogen and oxygen atoms in total. The van der Waals surface area contributed by atoms with Gasteiger partial charge in [-0.05, 0) is 31.3 Å². The van der Waals surface area contributed by atoms with Crippen LogP contribution in [0.4, 0.5) is 0 Å². The SMILES string of the molecule is CN1CCN(C(=O)c2ccn(-c3ccc4ccc(-c5cnn(C)c5)cn34)n2)CC1. The minimum absolute atomic E-state index is 0.00578. The fourth-order valence-corrected chi connectivity index (χ4v) is 3.75. The number of likely N-dealkylation sites (N-methyl/N-ethyl adjacent to an activating group) is 1. The molecule has 0 radical (unpaired) electrons. The Balaban J connectivity index is 1.46. The fourth-order valence-electron chi connectivity index (χ4n) is 3.75. The molecule has 0 atom stereocenters. The molecular formula is C21H23N7O. The van der Waals surface area contributed by atoms with Crippen LogP contribution in [-0.2, 0) is 7.05 Å². The van der Waals surface area contributed by atoms with Crippen molar-refractivity contribution < 1.29 is 4.79 Å². The third-order valence-electron chi connectivity index (χ3n) is 5.50. The molecule has 1 aliphatic heterocycles. The van der Waals surface area contributed by atoms with Crippen molar-refractivity contribution in [1.29, 1.82) is 0 Å². The number of nitrogens with zero attached hydrogens (tertiary/aromatic N) is 7. The van der Waals surface area contributed by atoms with Crippen molar-refractivity contribution >= 4 is 11.4 Å². The smallest absolute Gasteiger partial charge is 0.274 e. The van der Waals surface area contributed by atoms with Gasteiger partial charge in [0.2, 0.25) is 0 Å². The zero-order chi connectivity index (χ0) is 20.0. The lowest BCUT2D eigenvalue weighted by Crippen LogP contribution is -2.47. The molecule has 0 aromatic carbocycles. The minimum Gasteiger partial charge on any atom is -0.335 e. The Morgan fingerprint density at radius 3 is 2.48 bits per heavy atom. The topological polar surface area (TPSA) is 63.6 Å². The summed E-state index contributed by atoms with van der Waals surface area (Å²) in [7, 11) is 3.99. The van der Waals surface area contributed by atoms with Crippen LogP contribution in [0.25, 0.3) is 22.5 Å². The average Bonchev–Trinajstić information content (AvgIpc) is 3.46. The van der Waals surface area contributed by atoms with E-state index in [0.29, 0.717) is 5.69 Å². The number of carbonyl (C=O) groups excluding carboxylic acids is 1. The van der Waals surface area contributed by atoms with Crippen molar-refractivity contribution in [2.45, 2.75) is 0 Å². The Morgan fingerprint density at radius 1 is 0.931 bits per heavy atom. The molecule has 0 unspecified atom stereocenters. The molecule has 5 heterocycles. The number of pyridine rings is 1. The third-order valence-corrected chi connectivity index (χ3v) is 5.50. The summed E-state index contributed by atoms with van der Waals surface area (Å²) in [6, 6.07) is 10.0. The predicted octanol–water partition coefficient (Wildman–Crippen LogP) is 1.91. The number of carbonyl (C=O) groups is 1. The van der Waals surface area contributed by atoms with Gasteiger partial charge in [0.05, 0.1) is 6.20 Å². The number of amides is 1. The minimum atomic E-state index is -0.00578. The van der Waals surface area contributed by atoms with Gasteiger partial charge in [0.25, 0.3) is 5.91 Å². The Morgan fingerprint density at radius 2 is 1.72 bits per heavy atom. The maximum Gasteiger partial charge on any atom is 0.274 e. The quantitative estimate of drug-likeness (QED) is 0.537. The molecule has 1 aliphatic rings. The molecule has 29 heavy (non-hydrogen) atoms. The zero-order valence-electron chi connectivity index (χ0n) is 16.6. The third kappa shape index (κ3) is 3.21. The second kappa shape index (κ2) is 6.89. The number of piperazine rings is 1. The van der Waals surface area contributed by atoms with E-state index in [1.807, 2.05) is 42.7 Å². The van der Waals surface area contributed by atoms with E-state index in [1.165, 1.54) is 0 Å². The Bertz CT molecular complexity index is 1180. The normalized spacial score (nSPS) is 15.3. The first-order valence-electron chi connectivity index (χ1n) is 9.72. The summed E-state index contributed by atoms with van der Waals surface area (Å²) in [4.78, 5) is 16.9. The Hall–Kier alpha value is -3.39. The van der Waals surface area contributed by atoms with Gasteiger partial charge in [-0.1, -0.05) is 6.07 Å². The Kier molecular flexibility index (Phi) is 4.21. The van der Waals surface area contributed by atoms with Gasteiger partial charge in [-0.25, -0.2) is 4.68 Å². The van der Waals surface area contributed by atoms with E-state index in [9.17, 15) is 4.79 Å². The summed E-state index contributed by atoms with van der Waals surface area (Å²) in [5.74, 6) is 0.886. The molecule has 0 saturated carbocycles. The Labute approximate surface area is 168 Å². The fraction of sp³-hybridized carbons (Fsp3) is 0.286. The lowest BCUT2D eigenvalue weighted by atomic mass is 10.1. The van der Waals surface area contributed by atoms with Gasteiger partial charge in [0.1, 0.15) is 5.82 Å². The van der Waals surface area contributed by atoms with Crippen LogP contribution in [0.1, 0.15) is 10.5 Å². The van der Waals surface area contributed by atoms with Crippen molar-refractivity contribution in [1.82, 2.24) is 33.8 Å². The highest BCUT2D eigenvalue weighted by Crippen LogP contribution is 2.22.